The third-order valence-electron chi connectivity index (χ3n) is 5.16. The summed E-state index contributed by atoms with van der Waals surface area (Å²) in [4.78, 5) is 14.6. The lowest BCUT2D eigenvalue weighted by Crippen LogP contribution is -2.52. The number of rotatable bonds is 4. The number of hydrogen-bond donors (Lipinski definition) is 1. The summed E-state index contributed by atoms with van der Waals surface area (Å²) in [7, 11) is 0. The van der Waals surface area contributed by atoms with Crippen LogP contribution in [-0.2, 0) is 4.79 Å². The third-order valence-corrected chi connectivity index (χ3v) is 5.16. The maximum Gasteiger partial charge on any atom is 0.239 e. The van der Waals surface area contributed by atoms with Crippen LogP contribution in [0, 0.1) is 11.8 Å². The van der Waals surface area contributed by atoms with Crippen molar-refractivity contribution in [2.75, 3.05) is 13.1 Å². The highest BCUT2D eigenvalue weighted by Gasteiger charge is 2.34. The predicted molar refractivity (Wildman–Crippen MR) is 76.9 cm³/mol. The van der Waals surface area contributed by atoms with E-state index in [1.807, 2.05) is 0 Å². The van der Waals surface area contributed by atoms with Gasteiger partial charge in [0.1, 0.15) is 0 Å². The van der Waals surface area contributed by atoms with Crippen molar-refractivity contribution in [3.05, 3.63) is 0 Å². The lowest BCUT2D eigenvalue weighted by atomic mass is 9.82. The molecule has 3 fully saturated rings. The maximum atomic E-state index is 12.5. The molecule has 0 aromatic rings. The van der Waals surface area contributed by atoms with E-state index in [0.29, 0.717) is 11.9 Å². The molecule has 3 aliphatic rings. The van der Waals surface area contributed by atoms with Crippen molar-refractivity contribution < 1.29 is 4.79 Å². The Morgan fingerprint density at radius 1 is 1.11 bits per heavy atom. The molecule has 3 nitrogen and oxygen atoms in total. The molecule has 1 unspecified atom stereocenters. The van der Waals surface area contributed by atoms with Gasteiger partial charge in [-0.2, -0.15) is 0 Å². The molecule has 1 atom stereocenters. The number of carbonyl (C=O) groups excluding carboxylic acids is 1. The van der Waals surface area contributed by atoms with Crippen molar-refractivity contribution in [2.24, 2.45) is 11.8 Å². The SMILES string of the molecule is CC1CCC(CN2CCCC(NC3CC3)C2=O)CC1. The Hall–Kier alpha value is -0.570. The van der Waals surface area contributed by atoms with Crippen LogP contribution in [0.4, 0.5) is 0 Å². The molecule has 2 saturated carbocycles. The monoisotopic (exact) mass is 264 g/mol. The average molecular weight is 264 g/mol. The second-order valence-corrected chi connectivity index (χ2v) is 7.05. The first kappa shape index (κ1) is 13.4. The number of nitrogens with one attached hydrogen (secondary N) is 1. The van der Waals surface area contributed by atoms with Crippen LogP contribution in [0.3, 0.4) is 0 Å². The van der Waals surface area contributed by atoms with Crippen LogP contribution in [0.2, 0.25) is 0 Å². The van der Waals surface area contributed by atoms with Gasteiger partial charge in [-0.25, -0.2) is 0 Å². The van der Waals surface area contributed by atoms with E-state index in [1.54, 1.807) is 0 Å². The summed E-state index contributed by atoms with van der Waals surface area (Å²) < 4.78 is 0. The Morgan fingerprint density at radius 2 is 1.84 bits per heavy atom. The van der Waals surface area contributed by atoms with Gasteiger partial charge in [0.15, 0.2) is 0 Å². The van der Waals surface area contributed by atoms with Crippen LogP contribution in [0.5, 0.6) is 0 Å². The molecule has 0 aromatic carbocycles. The van der Waals surface area contributed by atoms with Gasteiger partial charge in [-0.15, -0.1) is 0 Å². The van der Waals surface area contributed by atoms with Crippen molar-refractivity contribution in [3.63, 3.8) is 0 Å². The van der Waals surface area contributed by atoms with E-state index in [1.165, 1.54) is 44.9 Å². The van der Waals surface area contributed by atoms with E-state index in [2.05, 4.69) is 17.1 Å². The molecule has 1 heterocycles. The molecule has 0 aromatic heterocycles. The minimum atomic E-state index is 0.128. The average Bonchev–Trinajstić information content (AvgIpc) is 3.21. The Bertz CT molecular complexity index is 319. The van der Waals surface area contributed by atoms with Crippen molar-refractivity contribution in [1.82, 2.24) is 10.2 Å². The molecule has 1 amide bonds. The number of piperidine rings is 1. The topological polar surface area (TPSA) is 32.3 Å². The largest absolute Gasteiger partial charge is 0.341 e. The summed E-state index contributed by atoms with van der Waals surface area (Å²) >= 11 is 0. The molecule has 0 radical (unpaired) electrons. The van der Waals surface area contributed by atoms with Crippen LogP contribution in [0.1, 0.15) is 58.3 Å². The highest BCUT2D eigenvalue weighted by atomic mass is 16.2. The molecule has 1 N–H and O–H groups in total. The highest BCUT2D eigenvalue weighted by molar-refractivity contribution is 5.82. The van der Waals surface area contributed by atoms with Gasteiger partial charge in [0, 0.05) is 19.1 Å². The fourth-order valence-electron chi connectivity index (χ4n) is 3.63. The molecule has 2 aliphatic carbocycles. The van der Waals surface area contributed by atoms with Gasteiger partial charge in [-0.1, -0.05) is 19.8 Å². The number of amides is 1. The molecule has 1 aliphatic heterocycles. The molecule has 3 rings (SSSR count). The van der Waals surface area contributed by atoms with E-state index in [0.717, 1.165) is 31.3 Å². The summed E-state index contributed by atoms with van der Waals surface area (Å²) in [6, 6.07) is 0.771. The van der Waals surface area contributed by atoms with E-state index in [4.69, 9.17) is 0 Å². The molecule has 19 heavy (non-hydrogen) atoms. The zero-order valence-corrected chi connectivity index (χ0v) is 12.2. The minimum absolute atomic E-state index is 0.128. The first-order valence-electron chi connectivity index (χ1n) is 8.27. The number of nitrogens with zero attached hydrogens (tertiary/aromatic N) is 1. The normalized spacial score (nSPS) is 36.6. The van der Waals surface area contributed by atoms with Crippen LogP contribution >= 0.6 is 0 Å². The lowest BCUT2D eigenvalue weighted by Gasteiger charge is -2.37. The van der Waals surface area contributed by atoms with Gasteiger partial charge >= 0.3 is 0 Å². The summed E-state index contributed by atoms with van der Waals surface area (Å²) in [6.45, 7) is 4.37. The van der Waals surface area contributed by atoms with Gasteiger partial charge in [-0.3, -0.25) is 4.79 Å². The Kier molecular flexibility index (Phi) is 4.11. The Morgan fingerprint density at radius 3 is 2.53 bits per heavy atom. The van der Waals surface area contributed by atoms with Gasteiger partial charge in [0.2, 0.25) is 5.91 Å². The summed E-state index contributed by atoms with van der Waals surface area (Å²) in [6.07, 6.45) is 10.1. The van der Waals surface area contributed by atoms with Gasteiger partial charge in [0.25, 0.3) is 0 Å². The van der Waals surface area contributed by atoms with Gasteiger partial charge < -0.3 is 10.2 Å². The summed E-state index contributed by atoms with van der Waals surface area (Å²) in [5.74, 6) is 2.05. The first-order valence-corrected chi connectivity index (χ1v) is 8.27. The minimum Gasteiger partial charge on any atom is -0.341 e. The molecular weight excluding hydrogens is 236 g/mol. The van der Waals surface area contributed by atoms with Crippen molar-refractivity contribution >= 4 is 5.91 Å². The van der Waals surface area contributed by atoms with Crippen molar-refractivity contribution in [2.45, 2.75) is 70.4 Å². The van der Waals surface area contributed by atoms with E-state index in [-0.39, 0.29) is 6.04 Å². The third kappa shape index (κ3) is 3.50. The van der Waals surface area contributed by atoms with Crippen LogP contribution < -0.4 is 5.32 Å². The lowest BCUT2D eigenvalue weighted by molar-refractivity contribution is -0.136. The fourth-order valence-corrected chi connectivity index (χ4v) is 3.63. The standard InChI is InChI=1S/C16H28N2O/c1-12-4-6-13(7-5-12)11-18-10-2-3-15(16(18)19)17-14-8-9-14/h12-15,17H,2-11H2,1H3. The smallest absolute Gasteiger partial charge is 0.239 e. The number of hydrogen-bond acceptors (Lipinski definition) is 2. The maximum absolute atomic E-state index is 12.5. The first-order chi connectivity index (χ1) is 9.22. The second kappa shape index (κ2) is 5.82. The van der Waals surface area contributed by atoms with Gasteiger partial charge in [-0.05, 0) is 50.4 Å². The Labute approximate surface area is 117 Å². The molecule has 0 bridgehead atoms. The summed E-state index contributed by atoms with van der Waals surface area (Å²) in [5, 5.41) is 3.53. The zero-order valence-electron chi connectivity index (χ0n) is 12.2. The van der Waals surface area contributed by atoms with Crippen molar-refractivity contribution in [1.29, 1.82) is 0 Å². The Balaban J connectivity index is 1.50. The summed E-state index contributed by atoms with van der Waals surface area (Å²) in [5.41, 5.74) is 0. The highest BCUT2D eigenvalue weighted by Crippen LogP contribution is 2.30. The molecule has 3 heteroatoms. The predicted octanol–water partition coefficient (Wildman–Crippen LogP) is 2.56. The van der Waals surface area contributed by atoms with E-state index >= 15 is 0 Å². The molecule has 0 spiro atoms. The number of carbonyl (C=O) groups is 1. The van der Waals surface area contributed by atoms with Crippen molar-refractivity contribution in [3.8, 4) is 0 Å². The van der Waals surface area contributed by atoms with Crippen LogP contribution in [0.15, 0.2) is 0 Å². The molecular formula is C16H28N2O. The quantitative estimate of drug-likeness (QED) is 0.846. The molecule has 1 saturated heterocycles. The zero-order chi connectivity index (χ0) is 13.2. The van der Waals surface area contributed by atoms with Crippen LogP contribution in [0.25, 0.3) is 0 Å². The molecule has 108 valence electrons. The van der Waals surface area contributed by atoms with E-state index in [9.17, 15) is 4.79 Å². The van der Waals surface area contributed by atoms with E-state index < -0.39 is 0 Å². The van der Waals surface area contributed by atoms with Crippen LogP contribution in [-0.4, -0.2) is 36.0 Å². The second-order valence-electron chi connectivity index (χ2n) is 7.05. The number of likely N-dealkylation sites (tertiary alicyclic amines) is 1. The fraction of sp³-hybridized carbons (Fsp3) is 0.938. The van der Waals surface area contributed by atoms with Gasteiger partial charge in [0.05, 0.1) is 6.04 Å².